The van der Waals surface area contributed by atoms with Crippen LogP contribution in [-0.4, -0.2) is 20.9 Å². The summed E-state index contributed by atoms with van der Waals surface area (Å²) in [6, 6.07) is 11.3. The molecule has 4 heterocycles. The molecule has 0 aromatic carbocycles. The highest BCUT2D eigenvalue weighted by atomic mass is 32.1. The summed E-state index contributed by atoms with van der Waals surface area (Å²) in [5.74, 6) is 0.644. The molecule has 1 N–H and O–H groups in total. The van der Waals surface area contributed by atoms with Crippen LogP contribution in [0.4, 0.5) is 5.82 Å². The van der Waals surface area contributed by atoms with E-state index in [1.165, 1.54) is 11.3 Å². The lowest BCUT2D eigenvalue weighted by Crippen LogP contribution is -2.13. The summed E-state index contributed by atoms with van der Waals surface area (Å²) in [5.41, 5.74) is 1.68. The van der Waals surface area contributed by atoms with Gasteiger partial charge in [0.2, 0.25) is 0 Å². The maximum absolute atomic E-state index is 12.8. The molecule has 0 unspecified atom stereocenters. The summed E-state index contributed by atoms with van der Waals surface area (Å²) in [6.07, 6.45) is 5.04. The molecule has 0 spiro atoms. The van der Waals surface area contributed by atoms with E-state index in [0.29, 0.717) is 28.7 Å². The molecule has 0 radical (unpaired) electrons. The van der Waals surface area contributed by atoms with Crippen molar-refractivity contribution in [3.8, 4) is 15.6 Å². The van der Waals surface area contributed by atoms with Crippen LogP contribution in [-0.2, 0) is 6.61 Å². The van der Waals surface area contributed by atoms with Crippen LogP contribution >= 0.6 is 22.7 Å². The van der Waals surface area contributed by atoms with Crippen molar-refractivity contribution >= 4 is 34.4 Å². The molecule has 0 aliphatic rings. The van der Waals surface area contributed by atoms with E-state index in [1.807, 2.05) is 36.6 Å². The van der Waals surface area contributed by atoms with Gasteiger partial charge in [-0.2, -0.15) is 0 Å². The van der Waals surface area contributed by atoms with Gasteiger partial charge in [-0.3, -0.25) is 9.78 Å². The van der Waals surface area contributed by atoms with Crippen molar-refractivity contribution < 1.29 is 9.53 Å². The predicted molar refractivity (Wildman–Crippen MR) is 111 cm³/mol. The second-order valence-electron chi connectivity index (χ2n) is 5.86. The number of aromatic nitrogens is 3. The lowest BCUT2D eigenvalue weighted by molar-refractivity contribution is 0.102. The summed E-state index contributed by atoms with van der Waals surface area (Å²) in [7, 11) is 0. The first-order valence-corrected chi connectivity index (χ1v) is 10.2. The Bertz CT molecular complexity index is 1080. The molecule has 140 valence electrons. The van der Waals surface area contributed by atoms with Gasteiger partial charge in [-0.25, -0.2) is 9.97 Å². The largest absolute Gasteiger partial charge is 0.485 e. The molecule has 0 aliphatic carbocycles. The number of thiophene rings is 1. The average Bonchev–Trinajstić information content (AvgIpc) is 3.38. The van der Waals surface area contributed by atoms with Gasteiger partial charge in [0.15, 0.2) is 11.6 Å². The first-order chi connectivity index (χ1) is 13.7. The third-order valence-corrected chi connectivity index (χ3v) is 6.08. The minimum Gasteiger partial charge on any atom is -0.485 e. The molecular formula is C20H16N4O2S2. The second kappa shape index (κ2) is 8.28. The van der Waals surface area contributed by atoms with Gasteiger partial charge in [-0.05, 0) is 48.2 Å². The summed E-state index contributed by atoms with van der Waals surface area (Å²) < 4.78 is 5.84. The number of carbonyl (C=O) groups is 1. The molecule has 0 fully saturated rings. The predicted octanol–water partition coefficient (Wildman–Crippen LogP) is 4.80. The number of nitrogens with zero attached hydrogens (tertiary/aromatic N) is 3. The normalized spacial score (nSPS) is 10.6. The third-order valence-electron chi connectivity index (χ3n) is 3.88. The maximum atomic E-state index is 12.8. The lowest BCUT2D eigenvalue weighted by Gasteiger charge is -2.11. The molecule has 0 atom stereocenters. The van der Waals surface area contributed by atoms with Gasteiger partial charge >= 0.3 is 0 Å². The molecule has 4 aromatic heterocycles. The standard InChI is InChI=1S/C20H16N4O2S2/c1-13-17(28-20(23-13)16-5-3-11-27-16)19(25)24-18-15(4-2-8-22-18)26-12-14-6-9-21-10-7-14/h2-11H,12H2,1H3,(H,22,24,25). The van der Waals surface area contributed by atoms with Crippen molar-refractivity contribution in [3.05, 3.63) is 76.5 Å². The fourth-order valence-corrected chi connectivity index (χ4v) is 4.28. The van der Waals surface area contributed by atoms with E-state index in [4.69, 9.17) is 4.74 Å². The van der Waals surface area contributed by atoms with Crippen LogP contribution in [0.2, 0.25) is 0 Å². The topological polar surface area (TPSA) is 77.0 Å². The molecule has 0 bridgehead atoms. The van der Waals surface area contributed by atoms with Gasteiger partial charge < -0.3 is 10.1 Å². The van der Waals surface area contributed by atoms with Crippen LogP contribution < -0.4 is 10.1 Å². The number of rotatable bonds is 6. The number of anilines is 1. The number of carbonyl (C=O) groups excluding carboxylic acids is 1. The molecule has 0 aliphatic heterocycles. The van der Waals surface area contributed by atoms with Crippen molar-refractivity contribution in [2.45, 2.75) is 13.5 Å². The fourth-order valence-electron chi connectivity index (χ4n) is 2.52. The van der Waals surface area contributed by atoms with E-state index in [9.17, 15) is 4.79 Å². The molecular weight excluding hydrogens is 392 g/mol. The van der Waals surface area contributed by atoms with Gasteiger partial charge in [0, 0.05) is 18.6 Å². The van der Waals surface area contributed by atoms with Gasteiger partial charge in [0.1, 0.15) is 16.5 Å². The van der Waals surface area contributed by atoms with E-state index in [1.54, 1.807) is 42.1 Å². The smallest absolute Gasteiger partial charge is 0.268 e. The second-order valence-corrected chi connectivity index (χ2v) is 7.81. The minimum atomic E-state index is -0.245. The first-order valence-electron chi connectivity index (χ1n) is 8.50. The molecule has 1 amide bonds. The van der Waals surface area contributed by atoms with E-state index in [2.05, 4.69) is 20.3 Å². The van der Waals surface area contributed by atoms with Crippen LogP contribution in [0.1, 0.15) is 20.9 Å². The van der Waals surface area contributed by atoms with Crippen molar-refractivity contribution in [3.63, 3.8) is 0 Å². The summed E-state index contributed by atoms with van der Waals surface area (Å²) in [6.45, 7) is 2.20. The van der Waals surface area contributed by atoms with Crippen LogP contribution in [0.15, 0.2) is 60.4 Å². The Hall–Kier alpha value is -3.10. The van der Waals surface area contributed by atoms with Gasteiger partial charge in [0.25, 0.3) is 5.91 Å². The quantitative estimate of drug-likeness (QED) is 0.496. The molecule has 4 rings (SSSR count). The van der Waals surface area contributed by atoms with Crippen molar-refractivity contribution in [2.24, 2.45) is 0 Å². The number of pyridine rings is 2. The Kier molecular flexibility index (Phi) is 5.41. The van der Waals surface area contributed by atoms with Crippen LogP contribution in [0, 0.1) is 6.92 Å². The lowest BCUT2D eigenvalue weighted by atomic mass is 10.3. The number of hydrogen-bond donors (Lipinski definition) is 1. The molecule has 0 saturated heterocycles. The van der Waals surface area contributed by atoms with Crippen molar-refractivity contribution in [1.29, 1.82) is 0 Å². The number of hydrogen-bond acceptors (Lipinski definition) is 7. The Morgan fingerprint density at radius 2 is 2.00 bits per heavy atom. The zero-order valence-electron chi connectivity index (χ0n) is 15.0. The van der Waals surface area contributed by atoms with Crippen LogP contribution in [0.3, 0.4) is 0 Å². The number of ether oxygens (including phenoxy) is 1. The van der Waals surface area contributed by atoms with Crippen molar-refractivity contribution in [2.75, 3.05) is 5.32 Å². The highest BCUT2D eigenvalue weighted by molar-refractivity contribution is 7.22. The molecule has 8 heteroatoms. The van der Waals surface area contributed by atoms with E-state index in [0.717, 1.165) is 15.4 Å². The fraction of sp³-hybridized carbons (Fsp3) is 0.100. The number of aryl methyl sites for hydroxylation is 1. The zero-order valence-corrected chi connectivity index (χ0v) is 16.6. The Labute approximate surface area is 169 Å². The van der Waals surface area contributed by atoms with Crippen molar-refractivity contribution in [1.82, 2.24) is 15.0 Å². The average molecular weight is 409 g/mol. The zero-order chi connectivity index (χ0) is 19.3. The van der Waals surface area contributed by atoms with E-state index in [-0.39, 0.29) is 5.91 Å². The van der Waals surface area contributed by atoms with E-state index < -0.39 is 0 Å². The number of nitrogens with one attached hydrogen (secondary N) is 1. The van der Waals surface area contributed by atoms with E-state index >= 15 is 0 Å². The van der Waals surface area contributed by atoms with Gasteiger partial charge in [-0.15, -0.1) is 22.7 Å². The molecule has 6 nitrogen and oxygen atoms in total. The summed E-state index contributed by atoms with van der Waals surface area (Å²) in [5, 5.41) is 5.68. The highest BCUT2D eigenvalue weighted by Crippen LogP contribution is 2.32. The van der Waals surface area contributed by atoms with Crippen LogP contribution in [0.25, 0.3) is 9.88 Å². The highest BCUT2D eigenvalue weighted by Gasteiger charge is 2.18. The minimum absolute atomic E-state index is 0.245. The summed E-state index contributed by atoms with van der Waals surface area (Å²) in [4.78, 5) is 27.2. The molecule has 28 heavy (non-hydrogen) atoms. The maximum Gasteiger partial charge on any atom is 0.268 e. The van der Waals surface area contributed by atoms with Gasteiger partial charge in [0.05, 0.1) is 10.6 Å². The molecule has 4 aromatic rings. The van der Waals surface area contributed by atoms with Crippen LogP contribution in [0.5, 0.6) is 5.75 Å². The summed E-state index contributed by atoms with van der Waals surface area (Å²) >= 11 is 2.97. The first kappa shape index (κ1) is 18.3. The number of thiazole rings is 1. The Morgan fingerprint density at radius 3 is 2.79 bits per heavy atom. The molecule has 0 saturated carbocycles. The van der Waals surface area contributed by atoms with Gasteiger partial charge in [-0.1, -0.05) is 6.07 Å². The Morgan fingerprint density at radius 1 is 1.14 bits per heavy atom. The SMILES string of the molecule is Cc1nc(-c2cccs2)sc1C(=O)Nc1ncccc1OCc1ccncc1. The third kappa shape index (κ3) is 4.08. The monoisotopic (exact) mass is 408 g/mol. The number of amides is 1. The Balaban J connectivity index is 1.51.